The summed E-state index contributed by atoms with van der Waals surface area (Å²) in [6.07, 6.45) is -0.616. The molecule has 0 spiro atoms. The van der Waals surface area contributed by atoms with Crippen LogP contribution in [0.2, 0.25) is 0 Å². The van der Waals surface area contributed by atoms with Gasteiger partial charge in [-0.2, -0.15) is 0 Å². The van der Waals surface area contributed by atoms with Gasteiger partial charge >= 0.3 is 5.97 Å². The van der Waals surface area contributed by atoms with Gasteiger partial charge in [0.1, 0.15) is 11.5 Å². The van der Waals surface area contributed by atoms with Gasteiger partial charge in [0, 0.05) is 12.5 Å². The average Bonchev–Trinajstić information content (AvgIpc) is 2.42. The van der Waals surface area contributed by atoms with Crippen molar-refractivity contribution in [1.29, 1.82) is 0 Å². The van der Waals surface area contributed by atoms with Gasteiger partial charge in [0.25, 0.3) is 0 Å². The zero-order chi connectivity index (χ0) is 15.1. The second-order valence-corrected chi connectivity index (χ2v) is 4.94. The van der Waals surface area contributed by atoms with E-state index in [1.165, 1.54) is 0 Å². The van der Waals surface area contributed by atoms with Crippen molar-refractivity contribution in [2.45, 2.75) is 26.4 Å². The van der Waals surface area contributed by atoms with Crippen LogP contribution in [0.5, 0.6) is 11.5 Å². The molecular weight excluding hydrogens is 260 g/mol. The van der Waals surface area contributed by atoms with Crippen LogP contribution in [0.25, 0.3) is 0 Å². The summed E-state index contributed by atoms with van der Waals surface area (Å²) in [5.74, 6) is 0.586. The lowest BCUT2D eigenvalue weighted by molar-refractivity contribution is -0.150. The summed E-state index contributed by atoms with van der Waals surface area (Å²) in [4.78, 5) is 11.2. The maximum Gasteiger partial charge on any atom is 0.333 e. The predicted molar refractivity (Wildman–Crippen MR) is 75.5 cm³/mol. The molecule has 0 unspecified atom stereocenters. The molecule has 0 aliphatic heterocycles. The molecule has 0 aliphatic rings. The predicted octanol–water partition coefficient (Wildman–Crippen LogP) is 2.37. The SMILES string of the molecule is COc1ccc(C[C@H](OCC(C)C)C(=O)O)c(OC)c1. The van der Waals surface area contributed by atoms with Gasteiger partial charge in [0.2, 0.25) is 0 Å². The fraction of sp³-hybridized carbons (Fsp3) is 0.533. The maximum absolute atomic E-state index is 11.2. The van der Waals surface area contributed by atoms with Gasteiger partial charge < -0.3 is 19.3 Å². The lowest BCUT2D eigenvalue weighted by Crippen LogP contribution is -2.28. The molecule has 5 nitrogen and oxygen atoms in total. The zero-order valence-electron chi connectivity index (χ0n) is 12.4. The highest BCUT2D eigenvalue weighted by molar-refractivity contribution is 5.73. The Morgan fingerprint density at radius 3 is 2.45 bits per heavy atom. The molecule has 1 aromatic rings. The second-order valence-electron chi connectivity index (χ2n) is 4.94. The largest absolute Gasteiger partial charge is 0.497 e. The van der Waals surface area contributed by atoms with Crippen LogP contribution in [0, 0.1) is 5.92 Å². The molecular formula is C15H22O5. The lowest BCUT2D eigenvalue weighted by atomic mass is 10.1. The molecule has 0 aliphatic carbocycles. The molecule has 112 valence electrons. The van der Waals surface area contributed by atoms with Crippen LogP contribution < -0.4 is 9.47 Å². The summed E-state index contributed by atoms with van der Waals surface area (Å²) in [6.45, 7) is 4.37. The third kappa shape index (κ3) is 4.74. The van der Waals surface area contributed by atoms with Crippen LogP contribution in [-0.2, 0) is 16.0 Å². The third-order valence-electron chi connectivity index (χ3n) is 2.81. The minimum absolute atomic E-state index is 0.259. The van der Waals surface area contributed by atoms with Gasteiger partial charge in [-0.25, -0.2) is 4.79 Å². The zero-order valence-corrected chi connectivity index (χ0v) is 12.4. The Kier molecular flexibility index (Phi) is 6.31. The van der Waals surface area contributed by atoms with E-state index >= 15 is 0 Å². The fourth-order valence-corrected chi connectivity index (χ4v) is 1.75. The molecule has 1 aromatic carbocycles. The molecule has 0 fully saturated rings. The topological polar surface area (TPSA) is 65.0 Å². The number of methoxy groups -OCH3 is 2. The van der Waals surface area contributed by atoms with Gasteiger partial charge in [-0.05, 0) is 17.5 Å². The highest BCUT2D eigenvalue weighted by Crippen LogP contribution is 2.26. The van der Waals surface area contributed by atoms with Crippen LogP contribution in [0.15, 0.2) is 18.2 Å². The van der Waals surface area contributed by atoms with Crippen LogP contribution in [0.1, 0.15) is 19.4 Å². The summed E-state index contributed by atoms with van der Waals surface area (Å²) in [7, 11) is 3.11. The third-order valence-corrected chi connectivity index (χ3v) is 2.81. The molecule has 1 atom stereocenters. The van der Waals surface area contributed by atoms with Gasteiger partial charge in [-0.3, -0.25) is 0 Å². The number of ether oxygens (including phenoxy) is 3. The van der Waals surface area contributed by atoms with E-state index in [4.69, 9.17) is 14.2 Å². The van der Waals surface area contributed by atoms with Crippen molar-refractivity contribution in [3.8, 4) is 11.5 Å². The minimum atomic E-state index is -0.969. The summed E-state index contributed by atoms with van der Waals surface area (Å²) in [5.41, 5.74) is 0.782. The molecule has 5 heteroatoms. The van der Waals surface area contributed by atoms with E-state index in [-0.39, 0.29) is 12.3 Å². The minimum Gasteiger partial charge on any atom is -0.497 e. The summed E-state index contributed by atoms with van der Waals surface area (Å²) < 4.78 is 15.8. The van der Waals surface area contributed by atoms with E-state index in [9.17, 15) is 9.90 Å². The molecule has 0 saturated heterocycles. The van der Waals surface area contributed by atoms with Gasteiger partial charge in [0.15, 0.2) is 6.10 Å². The molecule has 20 heavy (non-hydrogen) atoms. The van der Waals surface area contributed by atoms with Crippen molar-refractivity contribution in [2.75, 3.05) is 20.8 Å². The molecule has 0 bridgehead atoms. The number of hydrogen-bond donors (Lipinski definition) is 1. The number of benzene rings is 1. The number of rotatable bonds is 8. The first kappa shape index (κ1) is 16.3. The smallest absolute Gasteiger partial charge is 0.333 e. The van der Waals surface area contributed by atoms with E-state index in [1.807, 2.05) is 13.8 Å². The van der Waals surface area contributed by atoms with Gasteiger partial charge in [0.05, 0.1) is 20.8 Å². The van der Waals surface area contributed by atoms with Crippen molar-refractivity contribution in [2.24, 2.45) is 5.92 Å². The first-order chi connectivity index (χ1) is 9.47. The number of carbonyl (C=O) groups is 1. The molecule has 0 saturated carbocycles. The van der Waals surface area contributed by atoms with Crippen molar-refractivity contribution >= 4 is 5.97 Å². The van der Waals surface area contributed by atoms with E-state index in [2.05, 4.69) is 0 Å². The summed E-state index contributed by atoms with van der Waals surface area (Å²) in [5, 5.41) is 9.22. The van der Waals surface area contributed by atoms with Crippen molar-refractivity contribution in [3.63, 3.8) is 0 Å². The number of carboxylic acid groups (broad SMARTS) is 1. The highest BCUT2D eigenvalue weighted by Gasteiger charge is 2.21. The monoisotopic (exact) mass is 282 g/mol. The average molecular weight is 282 g/mol. The Morgan fingerprint density at radius 1 is 1.25 bits per heavy atom. The molecule has 0 radical (unpaired) electrons. The molecule has 0 aromatic heterocycles. The van der Waals surface area contributed by atoms with E-state index in [0.29, 0.717) is 18.1 Å². The van der Waals surface area contributed by atoms with Crippen molar-refractivity contribution in [1.82, 2.24) is 0 Å². The maximum atomic E-state index is 11.2. The molecule has 1 N–H and O–H groups in total. The van der Waals surface area contributed by atoms with Crippen LogP contribution >= 0.6 is 0 Å². The molecule has 1 rings (SSSR count). The Bertz CT molecular complexity index is 442. The Hall–Kier alpha value is -1.75. The highest BCUT2D eigenvalue weighted by atomic mass is 16.5. The van der Waals surface area contributed by atoms with Gasteiger partial charge in [-0.1, -0.05) is 19.9 Å². The van der Waals surface area contributed by atoms with Crippen molar-refractivity contribution in [3.05, 3.63) is 23.8 Å². The fourth-order valence-electron chi connectivity index (χ4n) is 1.75. The van der Waals surface area contributed by atoms with Gasteiger partial charge in [-0.15, -0.1) is 0 Å². The van der Waals surface area contributed by atoms with E-state index in [0.717, 1.165) is 5.56 Å². The molecule has 0 amide bonds. The van der Waals surface area contributed by atoms with E-state index < -0.39 is 12.1 Å². The first-order valence-electron chi connectivity index (χ1n) is 6.53. The summed E-state index contributed by atoms with van der Waals surface area (Å²) in [6, 6.07) is 5.31. The normalized spacial score (nSPS) is 12.2. The quantitative estimate of drug-likeness (QED) is 0.793. The Balaban J connectivity index is 2.84. The van der Waals surface area contributed by atoms with Crippen LogP contribution in [0.4, 0.5) is 0 Å². The number of carboxylic acids is 1. The van der Waals surface area contributed by atoms with Crippen molar-refractivity contribution < 1.29 is 24.1 Å². The lowest BCUT2D eigenvalue weighted by Gasteiger charge is -2.17. The molecule has 0 heterocycles. The summed E-state index contributed by atoms with van der Waals surface area (Å²) >= 11 is 0. The standard InChI is InChI=1S/C15H22O5/c1-10(2)9-20-14(15(16)17)7-11-5-6-12(18-3)8-13(11)19-4/h5-6,8,10,14H,7,9H2,1-4H3,(H,16,17)/t14-/m0/s1. The first-order valence-corrected chi connectivity index (χ1v) is 6.53. The van der Waals surface area contributed by atoms with E-state index in [1.54, 1.807) is 32.4 Å². The van der Waals surface area contributed by atoms with Crippen LogP contribution in [-0.4, -0.2) is 38.0 Å². The Labute approximate surface area is 119 Å². The number of hydrogen-bond acceptors (Lipinski definition) is 4. The second kappa shape index (κ2) is 7.75. The Morgan fingerprint density at radius 2 is 1.95 bits per heavy atom. The van der Waals surface area contributed by atoms with Crippen LogP contribution in [0.3, 0.4) is 0 Å². The number of aliphatic carboxylic acids is 1.